The highest BCUT2D eigenvalue weighted by atomic mass is 16.4. The van der Waals surface area contributed by atoms with Crippen LogP contribution in [0.2, 0.25) is 0 Å². The summed E-state index contributed by atoms with van der Waals surface area (Å²) >= 11 is 0. The van der Waals surface area contributed by atoms with E-state index in [1.807, 2.05) is 23.9 Å². The molecule has 0 heterocycles. The molecule has 1 N–H and O–H groups in total. The molecule has 0 aromatic carbocycles. The van der Waals surface area contributed by atoms with Crippen molar-refractivity contribution in [1.82, 2.24) is 9.80 Å². The number of carboxylic acid groups (broad SMARTS) is 1. The second-order valence-electron chi connectivity index (χ2n) is 6.15. The Morgan fingerprint density at radius 1 is 1.15 bits per heavy atom. The zero-order valence-electron chi connectivity index (χ0n) is 13.0. The Morgan fingerprint density at radius 2 is 1.75 bits per heavy atom. The first kappa shape index (κ1) is 17.0. The molecule has 1 aliphatic carbocycles. The largest absolute Gasteiger partial charge is 0.481 e. The van der Waals surface area contributed by atoms with E-state index in [2.05, 4.69) is 6.92 Å². The van der Waals surface area contributed by atoms with Gasteiger partial charge in [0.15, 0.2) is 0 Å². The summed E-state index contributed by atoms with van der Waals surface area (Å²) in [6, 6.07) is 0.381. The van der Waals surface area contributed by atoms with Crippen LogP contribution in [0, 0.1) is 5.92 Å². The first-order chi connectivity index (χ1) is 9.40. The number of rotatable bonds is 7. The van der Waals surface area contributed by atoms with Crippen LogP contribution >= 0.6 is 0 Å². The number of carbonyl (C=O) groups excluding carboxylic acids is 1. The third-order valence-corrected chi connectivity index (χ3v) is 4.26. The molecule has 0 aromatic rings. The number of carboxylic acids is 1. The van der Waals surface area contributed by atoms with Crippen molar-refractivity contribution in [1.29, 1.82) is 0 Å². The molecule has 0 atom stereocenters. The average molecular weight is 284 g/mol. The summed E-state index contributed by atoms with van der Waals surface area (Å²) in [6.07, 6.45) is 5.37. The van der Waals surface area contributed by atoms with Gasteiger partial charge in [0.25, 0.3) is 0 Å². The number of amides is 1. The number of likely N-dealkylation sites (N-methyl/N-ethyl adjacent to an activating group) is 2. The summed E-state index contributed by atoms with van der Waals surface area (Å²) in [5, 5.41) is 8.59. The van der Waals surface area contributed by atoms with Gasteiger partial charge in [-0.1, -0.05) is 6.92 Å². The van der Waals surface area contributed by atoms with E-state index in [0.717, 1.165) is 18.8 Å². The Hall–Kier alpha value is -1.10. The lowest BCUT2D eigenvalue weighted by molar-refractivity contribution is -0.137. The molecule has 20 heavy (non-hydrogen) atoms. The predicted molar refractivity (Wildman–Crippen MR) is 78.6 cm³/mol. The maximum atomic E-state index is 12.2. The highest BCUT2D eigenvalue weighted by molar-refractivity contribution is 5.78. The zero-order valence-corrected chi connectivity index (χ0v) is 13.0. The number of carbonyl (C=O) groups is 2. The minimum absolute atomic E-state index is 0.141. The van der Waals surface area contributed by atoms with E-state index >= 15 is 0 Å². The Bertz CT molecular complexity index is 325. The molecule has 0 spiro atoms. The van der Waals surface area contributed by atoms with Gasteiger partial charge in [0.1, 0.15) is 0 Å². The molecule has 0 radical (unpaired) electrons. The molecular weight excluding hydrogens is 256 g/mol. The second kappa shape index (κ2) is 8.25. The summed E-state index contributed by atoms with van der Waals surface area (Å²) in [5.41, 5.74) is 0. The fourth-order valence-electron chi connectivity index (χ4n) is 2.76. The van der Waals surface area contributed by atoms with Crippen molar-refractivity contribution in [3.63, 3.8) is 0 Å². The van der Waals surface area contributed by atoms with Crippen molar-refractivity contribution >= 4 is 11.9 Å². The summed E-state index contributed by atoms with van der Waals surface area (Å²) in [4.78, 5) is 26.4. The lowest BCUT2D eigenvalue weighted by Crippen LogP contribution is -2.44. The molecular formula is C15H28N2O3. The SMILES string of the molecule is CC1CCC(N(C)C(=O)CN(C)CCCC(=O)O)CC1. The summed E-state index contributed by atoms with van der Waals surface area (Å²) in [7, 11) is 3.77. The summed E-state index contributed by atoms with van der Waals surface area (Å²) in [5.74, 6) is 0.147. The van der Waals surface area contributed by atoms with Crippen LogP contribution in [0.1, 0.15) is 45.4 Å². The van der Waals surface area contributed by atoms with E-state index < -0.39 is 5.97 Å². The van der Waals surface area contributed by atoms with Gasteiger partial charge in [0.05, 0.1) is 6.54 Å². The topological polar surface area (TPSA) is 60.9 Å². The van der Waals surface area contributed by atoms with Crippen LogP contribution in [0.5, 0.6) is 0 Å². The van der Waals surface area contributed by atoms with E-state index in [0.29, 0.717) is 25.6 Å². The van der Waals surface area contributed by atoms with Gasteiger partial charge >= 0.3 is 5.97 Å². The molecule has 0 unspecified atom stereocenters. The first-order valence-electron chi connectivity index (χ1n) is 7.56. The fraction of sp³-hybridized carbons (Fsp3) is 0.867. The van der Waals surface area contributed by atoms with Crippen LogP contribution in [-0.4, -0.2) is 60.0 Å². The van der Waals surface area contributed by atoms with E-state index in [1.54, 1.807) is 0 Å². The molecule has 1 aliphatic rings. The molecule has 1 saturated carbocycles. The number of hydrogen-bond acceptors (Lipinski definition) is 3. The predicted octanol–water partition coefficient (Wildman–Crippen LogP) is 1.82. The van der Waals surface area contributed by atoms with Crippen molar-refractivity contribution in [3.05, 3.63) is 0 Å². The molecule has 0 aromatic heterocycles. The van der Waals surface area contributed by atoms with Crippen molar-refractivity contribution < 1.29 is 14.7 Å². The lowest BCUT2D eigenvalue weighted by Gasteiger charge is -2.34. The van der Waals surface area contributed by atoms with Crippen LogP contribution in [0.3, 0.4) is 0 Å². The third kappa shape index (κ3) is 5.90. The average Bonchev–Trinajstić information content (AvgIpc) is 2.38. The number of nitrogens with zero attached hydrogens (tertiary/aromatic N) is 2. The molecule has 0 aliphatic heterocycles. The first-order valence-corrected chi connectivity index (χ1v) is 7.56. The molecule has 0 saturated heterocycles. The second-order valence-corrected chi connectivity index (χ2v) is 6.15. The van der Waals surface area contributed by atoms with Crippen molar-refractivity contribution in [2.45, 2.75) is 51.5 Å². The van der Waals surface area contributed by atoms with Gasteiger partial charge in [-0.2, -0.15) is 0 Å². The Labute approximate surface area is 121 Å². The molecule has 1 amide bonds. The standard InChI is InChI=1S/C15H28N2O3/c1-12-6-8-13(9-7-12)17(3)14(18)11-16(2)10-4-5-15(19)20/h12-13H,4-11H2,1-3H3,(H,19,20). The quantitative estimate of drug-likeness (QED) is 0.774. The monoisotopic (exact) mass is 284 g/mol. The molecule has 1 fully saturated rings. The van der Waals surface area contributed by atoms with Crippen LogP contribution in [0.4, 0.5) is 0 Å². The molecule has 116 valence electrons. The van der Waals surface area contributed by atoms with Gasteiger partial charge in [-0.15, -0.1) is 0 Å². The van der Waals surface area contributed by atoms with Gasteiger partial charge < -0.3 is 10.0 Å². The van der Waals surface area contributed by atoms with Crippen molar-refractivity contribution in [3.8, 4) is 0 Å². The zero-order chi connectivity index (χ0) is 15.1. The van der Waals surface area contributed by atoms with Gasteiger partial charge in [-0.05, 0) is 51.6 Å². The normalized spacial score (nSPS) is 22.8. The Morgan fingerprint density at radius 3 is 2.30 bits per heavy atom. The lowest BCUT2D eigenvalue weighted by atomic mass is 9.87. The maximum absolute atomic E-state index is 12.2. The number of hydrogen-bond donors (Lipinski definition) is 1. The summed E-state index contributed by atoms with van der Waals surface area (Å²) < 4.78 is 0. The summed E-state index contributed by atoms with van der Waals surface area (Å²) in [6.45, 7) is 3.30. The minimum atomic E-state index is -0.779. The van der Waals surface area contributed by atoms with E-state index in [-0.39, 0.29) is 12.3 Å². The Kier molecular flexibility index (Phi) is 6.99. The minimum Gasteiger partial charge on any atom is -0.481 e. The molecule has 0 bridgehead atoms. The maximum Gasteiger partial charge on any atom is 0.303 e. The van der Waals surface area contributed by atoms with Crippen LogP contribution in [0.25, 0.3) is 0 Å². The molecule has 1 rings (SSSR count). The highest BCUT2D eigenvalue weighted by Gasteiger charge is 2.25. The van der Waals surface area contributed by atoms with Crippen molar-refractivity contribution in [2.24, 2.45) is 5.92 Å². The van der Waals surface area contributed by atoms with E-state index in [9.17, 15) is 9.59 Å². The van der Waals surface area contributed by atoms with Gasteiger partial charge in [-0.25, -0.2) is 0 Å². The van der Waals surface area contributed by atoms with Gasteiger partial charge in [-0.3, -0.25) is 14.5 Å². The van der Waals surface area contributed by atoms with E-state index in [4.69, 9.17) is 5.11 Å². The fourth-order valence-corrected chi connectivity index (χ4v) is 2.76. The number of aliphatic carboxylic acids is 1. The van der Waals surface area contributed by atoms with Crippen LogP contribution in [0.15, 0.2) is 0 Å². The van der Waals surface area contributed by atoms with Crippen LogP contribution in [-0.2, 0) is 9.59 Å². The highest BCUT2D eigenvalue weighted by Crippen LogP contribution is 2.26. The smallest absolute Gasteiger partial charge is 0.303 e. The van der Waals surface area contributed by atoms with Crippen LogP contribution < -0.4 is 0 Å². The van der Waals surface area contributed by atoms with Gasteiger partial charge in [0.2, 0.25) is 5.91 Å². The Balaban J connectivity index is 2.28. The molecule has 5 heteroatoms. The van der Waals surface area contributed by atoms with Crippen molar-refractivity contribution in [2.75, 3.05) is 27.2 Å². The van der Waals surface area contributed by atoms with E-state index in [1.165, 1.54) is 12.8 Å². The molecule has 5 nitrogen and oxygen atoms in total. The third-order valence-electron chi connectivity index (χ3n) is 4.26. The van der Waals surface area contributed by atoms with Gasteiger partial charge in [0, 0.05) is 19.5 Å².